The molecule has 2 rings (SSSR count). The second-order valence-electron chi connectivity index (χ2n) is 4.92. The number of anilines is 1. The van der Waals surface area contributed by atoms with E-state index in [9.17, 15) is 8.42 Å². The maximum Gasteiger partial charge on any atom is 0.241 e. The van der Waals surface area contributed by atoms with Gasteiger partial charge in [-0.1, -0.05) is 5.16 Å². The SMILES string of the molecule is CNS(=O)(=O)c1ccc(NCCCc2c(C)noc2C)nc1. The van der Waals surface area contributed by atoms with E-state index >= 15 is 0 Å². The van der Waals surface area contributed by atoms with Gasteiger partial charge in [0.25, 0.3) is 0 Å². The van der Waals surface area contributed by atoms with E-state index in [4.69, 9.17) is 4.52 Å². The van der Waals surface area contributed by atoms with Gasteiger partial charge in [0, 0.05) is 18.3 Å². The van der Waals surface area contributed by atoms with E-state index < -0.39 is 10.0 Å². The first-order valence-electron chi connectivity index (χ1n) is 6.99. The molecule has 0 aromatic carbocycles. The van der Waals surface area contributed by atoms with E-state index in [2.05, 4.69) is 20.2 Å². The third-order valence-electron chi connectivity index (χ3n) is 3.41. The zero-order chi connectivity index (χ0) is 16.2. The van der Waals surface area contributed by atoms with E-state index in [1.165, 1.54) is 19.3 Å². The summed E-state index contributed by atoms with van der Waals surface area (Å²) in [6.45, 7) is 4.57. The van der Waals surface area contributed by atoms with Crippen molar-refractivity contribution in [1.82, 2.24) is 14.9 Å². The molecule has 2 aromatic heterocycles. The van der Waals surface area contributed by atoms with Crippen LogP contribution in [0.15, 0.2) is 27.7 Å². The highest BCUT2D eigenvalue weighted by Crippen LogP contribution is 2.15. The summed E-state index contributed by atoms with van der Waals surface area (Å²) in [6, 6.07) is 3.18. The minimum Gasteiger partial charge on any atom is -0.370 e. The second kappa shape index (κ2) is 6.89. The number of hydrogen-bond donors (Lipinski definition) is 2. The largest absolute Gasteiger partial charge is 0.370 e. The highest BCUT2D eigenvalue weighted by Gasteiger charge is 2.11. The summed E-state index contributed by atoms with van der Waals surface area (Å²) in [6.07, 6.45) is 3.12. The van der Waals surface area contributed by atoms with Gasteiger partial charge in [0.15, 0.2) is 0 Å². The lowest BCUT2D eigenvalue weighted by atomic mass is 10.1. The van der Waals surface area contributed by atoms with Crippen LogP contribution in [0.5, 0.6) is 0 Å². The highest BCUT2D eigenvalue weighted by molar-refractivity contribution is 7.89. The molecule has 0 aliphatic rings. The summed E-state index contributed by atoms with van der Waals surface area (Å²) in [5.74, 6) is 1.51. The number of nitrogens with one attached hydrogen (secondary N) is 2. The van der Waals surface area contributed by atoms with Crippen LogP contribution in [0.4, 0.5) is 5.82 Å². The lowest BCUT2D eigenvalue weighted by Crippen LogP contribution is -2.18. The highest BCUT2D eigenvalue weighted by atomic mass is 32.2. The third-order valence-corrected chi connectivity index (χ3v) is 4.81. The molecule has 0 amide bonds. The van der Waals surface area contributed by atoms with Crippen molar-refractivity contribution in [3.63, 3.8) is 0 Å². The topological polar surface area (TPSA) is 97.1 Å². The van der Waals surface area contributed by atoms with Crippen molar-refractivity contribution >= 4 is 15.8 Å². The monoisotopic (exact) mass is 324 g/mol. The van der Waals surface area contributed by atoms with Gasteiger partial charge in [-0.2, -0.15) is 0 Å². The summed E-state index contributed by atoms with van der Waals surface area (Å²) in [5.41, 5.74) is 2.07. The molecule has 0 unspecified atom stereocenters. The molecule has 2 heterocycles. The fourth-order valence-electron chi connectivity index (χ4n) is 2.10. The number of rotatable bonds is 7. The molecule has 0 saturated carbocycles. The summed E-state index contributed by atoms with van der Waals surface area (Å²) in [4.78, 5) is 4.25. The summed E-state index contributed by atoms with van der Waals surface area (Å²) >= 11 is 0. The van der Waals surface area contributed by atoms with Gasteiger partial charge in [-0.05, 0) is 45.9 Å². The Hall–Kier alpha value is -1.93. The molecule has 0 aliphatic carbocycles. The minimum absolute atomic E-state index is 0.149. The lowest BCUT2D eigenvalue weighted by molar-refractivity contribution is 0.392. The maximum atomic E-state index is 11.6. The number of sulfonamides is 1. The van der Waals surface area contributed by atoms with Crippen molar-refractivity contribution in [3.05, 3.63) is 35.3 Å². The normalized spacial score (nSPS) is 11.6. The zero-order valence-electron chi connectivity index (χ0n) is 12.9. The van der Waals surface area contributed by atoms with Crippen molar-refractivity contribution in [3.8, 4) is 0 Å². The van der Waals surface area contributed by atoms with Crippen LogP contribution in [0.1, 0.15) is 23.4 Å². The van der Waals surface area contributed by atoms with E-state index in [1.54, 1.807) is 6.07 Å². The fourth-order valence-corrected chi connectivity index (χ4v) is 2.78. The molecular weight excluding hydrogens is 304 g/mol. The Labute approximate surface area is 130 Å². The van der Waals surface area contributed by atoms with Gasteiger partial charge < -0.3 is 9.84 Å². The Bertz CT molecular complexity index is 704. The van der Waals surface area contributed by atoms with E-state index in [-0.39, 0.29) is 4.90 Å². The maximum absolute atomic E-state index is 11.6. The smallest absolute Gasteiger partial charge is 0.241 e. The Morgan fingerprint density at radius 3 is 2.59 bits per heavy atom. The average Bonchev–Trinajstić information content (AvgIpc) is 2.83. The molecule has 8 heteroatoms. The van der Waals surface area contributed by atoms with Crippen LogP contribution in [0.3, 0.4) is 0 Å². The average molecular weight is 324 g/mol. The number of pyridine rings is 1. The number of nitrogens with zero attached hydrogens (tertiary/aromatic N) is 2. The standard InChI is InChI=1S/C14H20N4O3S/c1-10-13(11(2)21-18-10)5-4-8-16-14-7-6-12(9-17-14)22(19,20)15-3/h6-7,9,15H,4-5,8H2,1-3H3,(H,16,17). The van der Waals surface area contributed by atoms with E-state index in [0.29, 0.717) is 5.82 Å². The van der Waals surface area contributed by atoms with Crippen LogP contribution in [0.25, 0.3) is 0 Å². The molecule has 120 valence electrons. The molecule has 2 N–H and O–H groups in total. The Morgan fingerprint density at radius 2 is 2.05 bits per heavy atom. The van der Waals surface area contributed by atoms with Crippen molar-refractivity contribution in [2.75, 3.05) is 18.9 Å². The predicted molar refractivity (Wildman–Crippen MR) is 83.3 cm³/mol. The molecule has 0 atom stereocenters. The van der Waals surface area contributed by atoms with Crippen LogP contribution in [0.2, 0.25) is 0 Å². The summed E-state index contributed by atoms with van der Waals surface area (Å²) in [5, 5.41) is 7.09. The van der Waals surface area contributed by atoms with Crippen LogP contribution in [-0.4, -0.2) is 32.2 Å². The Morgan fingerprint density at radius 1 is 1.27 bits per heavy atom. The van der Waals surface area contributed by atoms with Gasteiger partial charge in [0.2, 0.25) is 10.0 Å². The molecule has 0 aliphatic heterocycles. The Balaban J connectivity index is 1.85. The van der Waals surface area contributed by atoms with Crippen LogP contribution in [0, 0.1) is 13.8 Å². The van der Waals surface area contributed by atoms with Crippen molar-refractivity contribution in [2.24, 2.45) is 0 Å². The van der Waals surface area contributed by atoms with Gasteiger partial charge in [-0.3, -0.25) is 0 Å². The summed E-state index contributed by atoms with van der Waals surface area (Å²) < 4.78 is 30.5. The third kappa shape index (κ3) is 3.83. The van der Waals surface area contributed by atoms with Gasteiger partial charge in [-0.15, -0.1) is 0 Å². The zero-order valence-corrected chi connectivity index (χ0v) is 13.7. The van der Waals surface area contributed by atoms with Gasteiger partial charge in [0.1, 0.15) is 16.5 Å². The number of aromatic nitrogens is 2. The molecule has 0 spiro atoms. The second-order valence-corrected chi connectivity index (χ2v) is 6.81. The van der Waals surface area contributed by atoms with Gasteiger partial charge >= 0.3 is 0 Å². The molecule has 0 saturated heterocycles. The van der Waals surface area contributed by atoms with E-state index in [0.717, 1.165) is 36.4 Å². The van der Waals surface area contributed by atoms with Crippen molar-refractivity contribution < 1.29 is 12.9 Å². The molecule has 0 bridgehead atoms. The first-order chi connectivity index (χ1) is 10.4. The molecule has 0 fully saturated rings. The van der Waals surface area contributed by atoms with Crippen LogP contribution >= 0.6 is 0 Å². The Kier molecular flexibility index (Phi) is 5.15. The fraction of sp³-hybridized carbons (Fsp3) is 0.429. The molecule has 0 radical (unpaired) electrons. The van der Waals surface area contributed by atoms with Gasteiger partial charge in [0.05, 0.1) is 5.69 Å². The quantitative estimate of drug-likeness (QED) is 0.752. The first kappa shape index (κ1) is 16.4. The lowest BCUT2D eigenvalue weighted by Gasteiger charge is -2.07. The van der Waals surface area contributed by atoms with Crippen molar-refractivity contribution in [1.29, 1.82) is 0 Å². The predicted octanol–water partition coefficient (Wildman–Crippen LogP) is 1.64. The number of aryl methyl sites for hydroxylation is 2. The minimum atomic E-state index is -3.44. The van der Waals surface area contributed by atoms with Crippen LogP contribution < -0.4 is 10.0 Å². The molecule has 22 heavy (non-hydrogen) atoms. The van der Waals surface area contributed by atoms with Gasteiger partial charge in [-0.25, -0.2) is 18.1 Å². The first-order valence-corrected chi connectivity index (χ1v) is 8.47. The molecule has 2 aromatic rings. The van der Waals surface area contributed by atoms with Crippen LogP contribution in [-0.2, 0) is 16.4 Å². The van der Waals surface area contributed by atoms with Crippen molar-refractivity contribution in [2.45, 2.75) is 31.6 Å². The van der Waals surface area contributed by atoms with E-state index in [1.807, 2.05) is 13.8 Å². The molecule has 7 nitrogen and oxygen atoms in total. The summed E-state index contributed by atoms with van der Waals surface area (Å²) in [7, 11) is -2.07. The number of hydrogen-bond acceptors (Lipinski definition) is 6. The molecular formula is C14H20N4O3S.